The number of halogens is 1. The Hall–Kier alpha value is -3.71. The Morgan fingerprint density at radius 2 is 1.73 bits per heavy atom. The molecule has 45 heavy (non-hydrogen) atoms. The average molecular weight is 676 g/mol. The second-order valence-corrected chi connectivity index (χ2v) is 12.9. The molecule has 3 saturated heterocycles. The lowest BCUT2D eigenvalue weighted by molar-refractivity contribution is -0.0536. The third kappa shape index (κ3) is 5.23. The molecule has 3 aliphatic heterocycles. The number of nitrogens with zero attached hydrogens (tertiary/aromatic N) is 7. The van der Waals surface area contributed by atoms with Gasteiger partial charge in [-0.05, 0) is 0 Å². The van der Waals surface area contributed by atoms with Crippen LogP contribution >= 0.6 is 7.82 Å². The Bertz CT molecular complexity index is 2010. The normalized spacial score (nSPS) is 35.5. The standard InChI is InChI=1S/C20H23FN11O11PS/c21-8-12-6(40-18(8)31-4-26-9-14(22)24-3-25-15(9)31)1-28-45(37,38)43-13-11(33)7(2-39-44(35,36)42-12)41-19(13)32-5-27-10-16(32)29-20(23)30-17(10)34/h3-8,11-13,18-19,28,33H,1-2H2,(H,35,36)(H2,22,24,25)(H3,23,29,30,34)/t6-,7-,8-,11-,12-,13-,18-,19-/m1/s1. The summed E-state index contributed by atoms with van der Waals surface area (Å²) in [4.78, 5) is 44.9. The molecule has 0 spiro atoms. The molecule has 0 radical (unpaired) electrons. The number of imidazole rings is 2. The molecule has 3 fully saturated rings. The number of anilines is 2. The van der Waals surface area contributed by atoms with Gasteiger partial charge in [0, 0.05) is 6.54 Å². The number of phosphoric acid groups is 1. The highest BCUT2D eigenvalue weighted by molar-refractivity contribution is 7.84. The Morgan fingerprint density at radius 1 is 1.02 bits per heavy atom. The average Bonchev–Trinajstić information content (AvgIpc) is 3.72. The van der Waals surface area contributed by atoms with Crippen LogP contribution in [0.4, 0.5) is 16.2 Å². The summed E-state index contributed by atoms with van der Waals surface area (Å²) in [5.74, 6) is -0.300. The molecular weight excluding hydrogens is 652 g/mol. The van der Waals surface area contributed by atoms with E-state index in [0.29, 0.717) is 0 Å². The predicted molar refractivity (Wildman–Crippen MR) is 143 cm³/mol. The highest BCUT2D eigenvalue weighted by atomic mass is 32.2. The highest BCUT2D eigenvalue weighted by Crippen LogP contribution is 2.50. The summed E-state index contributed by atoms with van der Waals surface area (Å²) in [6.45, 7) is -1.60. The van der Waals surface area contributed by atoms with E-state index in [1.54, 1.807) is 0 Å². The van der Waals surface area contributed by atoms with E-state index in [4.69, 9.17) is 34.2 Å². The first-order valence-corrected chi connectivity index (χ1v) is 15.8. The van der Waals surface area contributed by atoms with Gasteiger partial charge in [-0.1, -0.05) is 0 Å². The Balaban J connectivity index is 1.21. The van der Waals surface area contributed by atoms with E-state index < -0.39 is 86.0 Å². The summed E-state index contributed by atoms with van der Waals surface area (Å²) < 4.78 is 86.4. The lowest BCUT2D eigenvalue weighted by atomic mass is 10.1. The number of hydrogen-bond acceptors (Lipinski definition) is 17. The van der Waals surface area contributed by atoms with Crippen molar-refractivity contribution in [1.29, 1.82) is 0 Å². The number of aliphatic hydroxyl groups is 1. The van der Waals surface area contributed by atoms with E-state index in [0.717, 1.165) is 28.1 Å². The minimum atomic E-state index is -5.14. The van der Waals surface area contributed by atoms with Gasteiger partial charge in [0.25, 0.3) is 5.56 Å². The number of fused-ring (bicyclic) bond motifs is 5. The number of aromatic amines is 1. The van der Waals surface area contributed by atoms with Crippen molar-refractivity contribution in [3.05, 3.63) is 29.3 Å². The van der Waals surface area contributed by atoms with Crippen molar-refractivity contribution in [2.24, 2.45) is 0 Å². The quantitative estimate of drug-likeness (QED) is 0.118. The number of hydrogen-bond donors (Lipinski definition) is 6. The third-order valence-corrected chi connectivity index (χ3v) is 9.30. The zero-order valence-electron chi connectivity index (χ0n) is 22.4. The molecule has 8 N–H and O–H groups in total. The van der Waals surface area contributed by atoms with E-state index in [1.165, 1.54) is 0 Å². The van der Waals surface area contributed by atoms with Gasteiger partial charge in [-0.2, -0.15) is 18.1 Å². The maximum atomic E-state index is 15.9. The lowest BCUT2D eigenvalue weighted by Crippen LogP contribution is -2.43. The van der Waals surface area contributed by atoms with Crippen molar-refractivity contribution in [2.45, 2.75) is 49.1 Å². The number of nitrogens with one attached hydrogen (secondary N) is 2. The van der Waals surface area contributed by atoms with Crippen LogP contribution in [0.15, 0.2) is 23.8 Å². The highest BCUT2D eigenvalue weighted by Gasteiger charge is 2.53. The van der Waals surface area contributed by atoms with Crippen LogP contribution in [0.2, 0.25) is 0 Å². The smallest absolute Gasteiger partial charge is 0.387 e. The first-order valence-electron chi connectivity index (χ1n) is 12.9. The van der Waals surface area contributed by atoms with Crippen molar-refractivity contribution in [3.8, 4) is 0 Å². The van der Waals surface area contributed by atoms with Gasteiger partial charge in [-0.3, -0.25) is 28.0 Å². The van der Waals surface area contributed by atoms with E-state index in [1.807, 2.05) is 0 Å². The number of aliphatic hydroxyl groups excluding tert-OH is 1. The molecule has 22 nitrogen and oxygen atoms in total. The molecule has 2 bridgehead atoms. The summed E-state index contributed by atoms with van der Waals surface area (Å²) in [5.41, 5.74) is 10.6. The molecule has 0 amide bonds. The van der Waals surface area contributed by atoms with Gasteiger partial charge < -0.3 is 30.9 Å². The summed E-state index contributed by atoms with van der Waals surface area (Å²) in [6, 6.07) is 0. The number of aromatic nitrogens is 8. The molecule has 0 aliphatic carbocycles. The summed E-state index contributed by atoms with van der Waals surface area (Å²) in [5, 5.41) is 11.0. The van der Waals surface area contributed by atoms with Gasteiger partial charge in [-0.25, -0.2) is 33.1 Å². The fraction of sp³-hybridized carbons (Fsp3) is 0.500. The van der Waals surface area contributed by atoms with Crippen LogP contribution in [0.3, 0.4) is 0 Å². The monoisotopic (exact) mass is 675 g/mol. The summed E-state index contributed by atoms with van der Waals surface area (Å²) in [6.07, 6.45) is -10.4. The predicted octanol–water partition coefficient (Wildman–Crippen LogP) is -2.65. The van der Waals surface area contributed by atoms with Crippen LogP contribution in [0, 0.1) is 0 Å². The van der Waals surface area contributed by atoms with E-state index in [-0.39, 0.29) is 34.1 Å². The van der Waals surface area contributed by atoms with Crippen molar-refractivity contribution in [1.82, 2.24) is 43.8 Å². The van der Waals surface area contributed by atoms with Crippen LogP contribution in [0.5, 0.6) is 0 Å². The van der Waals surface area contributed by atoms with Crippen LogP contribution in [-0.2, 0) is 37.6 Å². The van der Waals surface area contributed by atoms with E-state index >= 15 is 4.39 Å². The minimum Gasteiger partial charge on any atom is -0.387 e. The minimum absolute atomic E-state index is 0.00351. The molecule has 0 aromatic carbocycles. The van der Waals surface area contributed by atoms with Crippen molar-refractivity contribution in [3.63, 3.8) is 0 Å². The van der Waals surface area contributed by atoms with Gasteiger partial charge in [0.2, 0.25) is 5.95 Å². The third-order valence-electron chi connectivity index (χ3n) is 7.32. The molecular formula is C20H23FN11O11PS. The van der Waals surface area contributed by atoms with Crippen LogP contribution in [0.25, 0.3) is 22.3 Å². The van der Waals surface area contributed by atoms with E-state index in [2.05, 4.69) is 34.6 Å². The summed E-state index contributed by atoms with van der Waals surface area (Å²) in [7, 11) is -9.94. The number of phosphoric ester groups is 1. The molecule has 4 aromatic heterocycles. The topological polar surface area (TPSA) is 309 Å². The molecule has 9 atom stereocenters. The molecule has 25 heteroatoms. The van der Waals surface area contributed by atoms with Crippen LogP contribution in [-0.4, -0.2) is 107 Å². The van der Waals surface area contributed by atoms with Crippen molar-refractivity contribution in [2.75, 3.05) is 24.6 Å². The number of alkyl halides is 1. The number of nitrogens with two attached hydrogens (primary N) is 2. The molecule has 0 saturated carbocycles. The van der Waals surface area contributed by atoms with Crippen LogP contribution < -0.4 is 21.7 Å². The van der Waals surface area contributed by atoms with E-state index in [9.17, 15) is 27.8 Å². The maximum Gasteiger partial charge on any atom is 0.472 e. The molecule has 3 aliphatic rings. The zero-order chi connectivity index (χ0) is 31.8. The fourth-order valence-electron chi connectivity index (χ4n) is 5.29. The number of H-pyrrole nitrogens is 1. The molecule has 7 heterocycles. The zero-order valence-corrected chi connectivity index (χ0v) is 24.1. The number of rotatable bonds is 2. The first kappa shape index (κ1) is 30.0. The van der Waals surface area contributed by atoms with Gasteiger partial charge in [-0.15, -0.1) is 0 Å². The van der Waals surface area contributed by atoms with Gasteiger partial charge in [0.1, 0.15) is 36.3 Å². The van der Waals surface area contributed by atoms with Crippen LogP contribution in [0.1, 0.15) is 12.5 Å². The largest absolute Gasteiger partial charge is 0.472 e. The molecule has 1 unspecified atom stereocenters. The maximum absolute atomic E-state index is 15.9. The molecule has 242 valence electrons. The van der Waals surface area contributed by atoms with Crippen molar-refractivity contribution >= 4 is 52.2 Å². The SMILES string of the molecule is Nc1nc2c(ncn2[C@@H]2O[C@@H]3COP(=O)(O)O[C@H]4[C@@H](F)[C@H](n5cnc6c(N)ncnc65)O[C@@H]4CNS(=O)(=O)O[C@@H]2[C@@H]3O)c(=O)[nH]1. The number of ether oxygens (including phenoxy) is 2. The summed E-state index contributed by atoms with van der Waals surface area (Å²) >= 11 is 0. The molecule has 7 rings (SSSR count). The van der Waals surface area contributed by atoms with Gasteiger partial charge >= 0.3 is 18.1 Å². The Labute approximate surface area is 249 Å². The second-order valence-electron chi connectivity index (χ2n) is 10.1. The Kier molecular flexibility index (Phi) is 7.12. The molecule has 4 aromatic rings. The first-order chi connectivity index (χ1) is 21.3. The Morgan fingerprint density at radius 3 is 2.51 bits per heavy atom. The second kappa shape index (κ2) is 10.7. The van der Waals surface area contributed by atoms with Gasteiger partial charge in [0.05, 0.1) is 19.3 Å². The lowest BCUT2D eigenvalue weighted by Gasteiger charge is -2.24. The van der Waals surface area contributed by atoms with Gasteiger partial charge in [0.15, 0.2) is 47.4 Å². The fourth-order valence-corrected chi connectivity index (χ4v) is 7.19. The van der Waals surface area contributed by atoms with Crippen molar-refractivity contribution < 1.29 is 50.1 Å². The number of nitrogen functional groups attached to an aromatic ring is 2.